The first-order valence-corrected chi connectivity index (χ1v) is 6.55. The molecule has 0 radical (unpaired) electrons. The highest BCUT2D eigenvalue weighted by Gasteiger charge is 1.78. The third kappa shape index (κ3) is 23.5. The van der Waals surface area contributed by atoms with Gasteiger partial charge in [-0.3, -0.25) is 0 Å². The molecule has 0 atom stereocenters. The van der Waals surface area contributed by atoms with Gasteiger partial charge in [-0.15, -0.1) is 0 Å². The molecular weight excluding hydrogens is 307 g/mol. The van der Waals surface area contributed by atoms with E-state index in [1.807, 2.05) is 36.4 Å². The third-order valence-corrected chi connectivity index (χ3v) is 1.62. The summed E-state index contributed by atoms with van der Waals surface area (Å²) in [5.74, 6) is -0.981. The fourth-order valence-corrected chi connectivity index (χ4v) is 0.874. The maximum Gasteiger partial charge on any atom is 0.327 e. The van der Waals surface area contributed by atoms with Gasteiger partial charge < -0.3 is 5.11 Å². The predicted octanol–water partition coefficient (Wildman–Crippen LogP) is 5.63. The second-order valence-corrected chi connectivity index (χ2v) is 4.38. The van der Waals surface area contributed by atoms with Crippen LogP contribution in [0.1, 0.15) is 5.56 Å². The number of hydrogen-bond acceptors (Lipinski definition) is 1. The van der Waals surface area contributed by atoms with Gasteiger partial charge in [-0.25, -0.2) is 4.79 Å². The van der Waals surface area contributed by atoms with Gasteiger partial charge in [0.1, 0.15) is 0 Å². The van der Waals surface area contributed by atoms with E-state index in [0.717, 1.165) is 6.08 Å². The van der Waals surface area contributed by atoms with Crippen LogP contribution in [-0.4, -0.2) is 11.1 Å². The molecule has 112 valence electrons. The van der Waals surface area contributed by atoms with Gasteiger partial charge in [-0.05, 0) is 5.56 Å². The van der Waals surface area contributed by atoms with Gasteiger partial charge in [0, 0.05) is 6.08 Å². The minimum atomic E-state index is -0.981. The van der Waals surface area contributed by atoms with E-state index in [4.69, 9.17) is 28.3 Å². The molecule has 0 aromatic heterocycles. The van der Waals surface area contributed by atoms with Crippen LogP contribution in [0.15, 0.2) is 84.9 Å². The summed E-state index contributed by atoms with van der Waals surface area (Å²) in [6.07, 6.45) is 10.5. The summed E-state index contributed by atoms with van der Waals surface area (Å²) in [6, 6.07) is 10.2. The van der Waals surface area contributed by atoms with Crippen molar-refractivity contribution < 1.29 is 9.90 Å². The molecule has 0 saturated carbocycles. The molecule has 0 aliphatic rings. The maximum atomic E-state index is 9.25. The van der Waals surface area contributed by atoms with E-state index in [-0.39, 0.29) is 4.49 Å². The summed E-state index contributed by atoms with van der Waals surface area (Å²) in [5.41, 5.74) is 1.21. The van der Waals surface area contributed by atoms with Crippen LogP contribution in [0.2, 0.25) is 0 Å². The van der Waals surface area contributed by atoms with E-state index < -0.39 is 5.97 Å². The molecule has 4 heteroatoms. The van der Waals surface area contributed by atoms with Crippen molar-refractivity contribution in [3.8, 4) is 0 Å². The van der Waals surface area contributed by atoms with Crippen molar-refractivity contribution in [3.63, 3.8) is 0 Å². The zero-order valence-corrected chi connectivity index (χ0v) is 13.1. The second-order valence-electron chi connectivity index (χ2n) is 3.27. The number of benzene rings is 1. The highest BCUT2D eigenvalue weighted by molar-refractivity contribution is 6.55. The van der Waals surface area contributed by atoms with Crippen molar-refractivity contribution in [1.29, 1.82) is 0 Å². The van der Waals surface area contributed by atoms with E-state index in [1.54, 1.807) is 6.08 Å². The monoisotopic (exact) mass is 324 g/mol. The van der Waals surface area contributed by atoms with Crippen LogP contribution in [0, 0.1) is 0 Å². The predicted molar refractivity (Wildman–Crippen MR) is 93.5 cm³/mol. The fraction of sp³-hybridized carbons (Fsp3) is 0. The van der Waals surface area contributed by atoms with Gasteiger partial charge in [-0.1, -0.05) is 104 Å². The molecule has 0 aliphatic heterocycles. The average molecular weight is 325 g/mol. The summed E-state index contributed by atoms with van der Waals surface area (Å²) in [4.78, 5) is 9.25. The minimum absolute atomic E-state index is 0.111. The van der Waals surface area contributed by atoms with Crippen LogP contribution in [-0.2, 0) is 4.79 Å². The normalized spacial score (nSPS) is 9.05. The Morgan fingerprint density at radius 3 is 1.90 bits per heavy atom. The van der Waals surface area contributed by atoms with E-state index in [2.05, 4.69) is 37.9 Å². The number of carbonyl (C=O) groups is 1. The largest absolute Gasteiger partial charge is 0.478 e. The zero-order valence-electron chi connectivity index (χ0n) is 11.6. The maximum absolute atomic E-state index is 9.25. The molecule has 0 unspecified atom stereocenters. The molecule has 0 bridgehead atoms. The van der Waals surface area contributed by atoms with Crippen molar-refractivity contribution in [3.05, 3.63) is 90.5 Å². The van der Waals surface area contributed by atoms with Gasteiger partial charge in [0.25, 0.3) is 0 Å². The lowest BCUT2D eigenvalue weighted by Crippen LogP contribution is -1.82. The Morgan fingerprint density at radius 1 is 1.05 bits per heavy atom. The number of halogens is 2. The summed E-state index contributed by atoms with van der Waals surface area (Å²) < 4.78 is 0.111. The van der Waals surface area contributed by atoms with Crippen LogP contribution < -0.4 is 0 Å². The number of hydrogen-bond donors (Lipinski definition) is 1. The Morgan fingerprint density at radius 2 is 1.52 bits per heavy atom. The summed E-state index contributed by atoms with van der Waals surface area (Å²) in [7, 11) is 0. The highest BCUT2D eigenvalue weighted by Crippen LogP contribution is 2.00. The molecular formula is C17H18Cl2O2. The second kappa shape index (κ2) is 16.0. The number of allylic oxidation sites excluding steroid dienone is 4. The Bertz CT molecular complexity index is 485. The first-order valence-electron chi connectivity index (χ1n) is 5.80. The van der Waals surface area contributed by atoms with Gasteiger partial charge in [0.05, 0.1) is 4.49 Å². The number of rotatable bonds is 4. The van der Waals surface area contributed by atoms with E-state index >= 15 is 0 Å². The topological polar surface area (TPSA) is 37.3 Å². The summed E-state index contributed by atoms with van der Waals surface area (Å²) in [6.45, 7) is 9.63. The first-order chi connectivity index (χ1) is 9.93. The van der Waals surface area contributed by atoms with Crippen molar-refractivity contribution in [2.75, 3.05) is 0 Å². The summed E-state index contributed by atoms with van der Waals surface area (Å²) >= 11 is 9.69. The van der Waals surface area contributed by atoms with E-state index in [0.29, 0.717) is 0 Å². The Kier molecular flexibility index (Phi) is 16.2. The lowest BCUT2D eigenvalue weighted by Gasteiger charge is -1.87. The standard InChI is InChI=1S/C12H12.C3H4O2.C2H2Cl2/c1-2-3-4-6-9-12-10-7-5-8-11-12;1-2-3(4)5;1-2(3)4/h2-11H,1H2;2H,1H2,(H,4,5);1H2. The molecule has 2 nitrogen and oxygen atoms in total. The van der Waals surface area contributed by atoms with Crippen LogP contribution in [0.25, 0.3) is 6.08 Å². The lowest BCUT2D eigenvalue weighted by atomic mass is 10.2. The molecule has 0 amide bonds. The molecule has 0 heterocycles. The Labute approximate surface area is 136 Å². The summed E-state index contributed by atoms with van der Waals surface area (Å²) in [5, 5.41) is 7.60. The number of carboxylic acids is 1. The van der Waals surface area contributed by atoms with Gasteiger partial charge in [0.2, 0.25) is 0 Å². The smallest absolute Gasteiger partial charge is 0.327 e. The first kappa shape index (κ1) is 21.3. The highest BCUT2D eigenvalue weighted by atomic mass is 35.5. The van der Waals surface area contributed by atoms with Gasteiger partial charge in [0.15, 0.2) is 0 Å². The molecule has 0 spiro atoms. The molecule has 0 fully saturated rings. The molecule has 1 aromatic carbocycles. The molecule has 21 heavy (non-hydrogen) atoms. The fourth-order valence-electron chi connectivity index (χ4n) is 0.874. The quantitative estimate of drug-likeness (QED) is 0.575. The number of carboxylic acid groups (broad SMARTS) is 1. The van der Waals surface area contributed by atoms with Crippen molar-refractivity contribution in [2.24, 2.45) is 0 Å². The molecule has 1 N–H and O–H groups in total. The molecule has 1 rings (SSSR count). The van der Waals surface area contributed by atoms with Crippen LogP contribution in [0.3, 0.4) is 0 Å². The Hall–Kier alpha value is -2.03. The van der Waals surface area contributed by atoms with Crippen LogP contribution >= 0.6 is 23.2 Å². The molecule has 0 saturated heterocycles. The lowest BCUT2D eigenvalue weighted by molar-refractivity contribution is -0.131. The van der Waals surface area contributed by atoms with Gasteiger partial charge >= 0.3 is 5.97 Å². The SMILES string of the molecule is C=C(Cl)Cl.C=CC(=O)O.C=CC=CC=Cc1ccccc1. The Balaban J connectivity index is 0. The van der Waals surface area contributed by atoms with Crippen molar-refractivity contribution in [1.82, 2.24) is 0 Å². The van der Waals surface area contributed by atoms with E-state index in [1.165, 1.54) is 5.56 Å². The van der Waals surface area contributed by atoms with Crippen LogP contribution in [0.5, 0.6) is 0 Å². The zero-order chi connectivity index (χ0) is 16.5. The average Bonchev–Trinajstić information content (AvgIpc) is 2.45. The van der Waals surface area contributed by atoms with Crippen molar-refractivity contribution >= 4 is 35.2 Å². The van der Waals surface area contributed by atoms with Crippen LogP contribution in [0.4, 0.5) is 0 Å². The van der Waals surface area contributed by atoms with Gasteiger partial charge in [-0.2, -0.15) is 0 Å². The molecule has 1 aromatic rings. The minimum Gasteiger partial charge on any atom is -0.478 e. The van der Waals surface area contributed by atoms with E-state index in [9.17, 15) is 4.79 Å². The molecule has 0 aliphatic carbocycles. The number of aliphatic carboxylic acids is 1. The third-order valence-electron chi connectivity index (χ3n) is 1.62. The van der Waals surface area contributed by atoms with Crippen molar-refractivity contribution in [2.45, 2.75) is 0 Å².